The number of hydrogen-bond donors (Lipinski definition) is 0. The lowest BCUT2D eigenvalue weighted by Gasteiger charge is -2.29. The summed E-state index contributed by atoms with van der Waals surface area (Å²) in [6.07, 6.45) is 3.84. The number of hydrogen-bond acceptors (Lipinski definition) is 6. The zero-order valence-corrected chi connectivity index (χ0v) is 30.7. The fourth-order valence-electron chi connectivity index (χ4n) is 7.80. The number of carbonyl (C=O) groups excluding carboxylic acids is 3. The minimum Gasteiger partial charge on any atom is -0.444 e. The molecular weight excluding hydrogens is 692 g/mol. The molecule has 2 saturated heterocycles. The number of ketones is 1. The Labute approximate surface area is 306 Å². The molecule has 4 aromatic rings. The quantitative estimate of drug-likeness (QED) is 0.175. The number of rotatable bonds is 7. The number of carbonyl (C=O) groups is 3. The van der Waals surface area contributed by atoms with Crippen LogP contribution in [0.15, 0.2) is 30.3 Å². The van der Waals surface area contributed by atoms with Gasteiger partial charge in [0, 0.05) is 66.5 Å². The van der Waals surface area contributed by atoms with Crippen LogP contribution in [0.3, 0.4) is 0 Å². The third-order valence-corrected chi connectivity index (χ3v) is 11.0. The van der Waals surface area contributed by atoms with E-state index in [0.29, 0.717) is 53.5 Å². The monoisotopic (exact) mass is 731 g/mol. The lowest BCUT2D eigenvalue weighted by atomic mass is 9.93. The van der Waals surface area contributed by atoms with E-state index in [1.54, 1.807) is 23.1 Å². The van der Waals surface area contributed by atoms with Crippen molar-refractivity contribution in [2.45, 2.75) is 90.3 Å². The zero-order valence-electron chi connectivity index (χ0n) is 29.2. The average molecular weight is 733 g/mol. The number of halogens is 3. The van der Waals surface area contributed by atoms with Gasteiger partial charge in [0.15, 0.2) is 11.6 Å². The second-order valence-electron chi connectivity index (χ2n) is 14.9. The molecule has 2 aliphatic heterocycles. The molecule has 51 heavy (non-hydrogen) atoms. The van der Waals surface area contributed by atoms with Gasteiger partial charge in [-0.3, -0.25) is 9.59 Å². The second kappa shape index (κ2) is 13.4. The predicted molar refractivity (Wildman–Crippen MR) is 194 cm³/mol. The fourth-order valence-corrected chi connectivity index (χ4v) is 8.19. The number of amides is 2. The Kier molecular flexibility index (Phi) is 9.26. The van der Waals surface area contributed by atoms with Crippen molar-refractivity contribution < 1.29 is 23.5 Å². The first kappa shape index (κ1) is 35.2. The van der Waals surface area contributed by atoms with Crippen molar-refractivity contribution in [3.63, 3.8) is 0 Å². The molecule has 9 nitrogen and oxygen atoms in total. The molecule has 0 radical (unpaired) electrons. The molecule has 0 N–H and O–H groups in total. The van der Waals surface area contributed by atoms with E-state index < -0.39 is 17.5 Å². The number of nitriles is 1. The summed E-state index contributed by atoms with van der Waals surface area (Å²) in [5.74, 6) is -0.836. The minimum absolute atomic E-state index is 0.00956. The summed E-state index contributed by atoms with van der Waals surface area (Å²) in [5, 5.41) is 11.0. The van der Waals surface area contributed by atoms with Gasteiger partial charge in [-0.1, -0.05) is 35.3 Å². The molecule has 0 bridgehead atoms. The van der Waals surface area contributed by atoms with Crippen LogP contribution in [0.2, 0.25) is 10.0 Å². The first-order valence-corrected chi connectivity index (χ1v) is 18.3. The van der Waals surface area contributed by atoms with Crippen molar-refractivity contribution in [2.24, 2.45) is 5.92 Å². The van der Waals surface area contributed by atoms with E-state index in [1.807, 2.05) is 37.8 Å². The van der Waals surface area contributed by atoms with Crippen LogP contribution >= 0.6 is 23.2 Å². The number of benzene rings is 2. The lowest BCUT2D eigenvalue weighted by molar-refractivity contribution is -0.133. The Morgan fingerprint density at radius 1 is 1.08 bits per heavy atom. The van der Waals surface area contributed by atoms with Gasteiger partial charge in [-0.15, -0.1) is 0 Å². The summed E-state index contributed by atoms with van der Waals surface area (Å²) < 4.78 is 25.1. The molecular formula is C39H40Cl2FN5O4. The summed E-state index contributed by atoms with van der Waals surface area (Å²) in [4.78, 5) is 48.6. The first-order valence-electron chi connectivity index (χ1n) is 17.6. The summed E-state index contributed by atoms with van der Waals surface area (Å²) in [7, 11) is 0. The molecule has 7 rings (SSSR count). The molecule has 12 heteroatoms. The van der Waals surface area contributed by atoms with E-state index >= 15 is 4.39 Å². The maximum Gasteiger partial charge on any atom is 0.410 e. The van der Waals surface area contributed by atoms with Crippen molar-refractivity contribution in [2.75, 3.05) is 19.6 Å². The number of aryl methyl sites for hydroxylation is 1. The molecule has 3 fully saturated rings. The molecule has 0 spiro atoms. The van der Waals surface area contributed by atoms with Gasteiger partial charge in [0.1, 0.15) is 16.8 Å². The van der Waals surface area contributed by atoms with Crippen LogP contribution in [0.4, 0.5) is 9.18 Å². The molecule has 2 atom stereocenters. The van der Waals surface area contributed by atoms with Gasteiger partial charge in [-0.25, -0.2) is 14.2 Å². The van der Waals surface area contributed by atoms with Crippen LogP contribution in [-0.4, -0.2) is 62.4 Å². The average Bonchev–Trinajstić information content (AvgIpc) is 3.43. The normalized spacial score (nSPS) is 19.3. The number of nitrogens with zero attached hydrogens (tertiary/aromatic N) is 5. The number of pyridine rings is 1. The highest BCUT2D eigenvalue weighted by Crippen LogP contribution is 2.46. The van der Waals surface area contributed by atoms with Crippen LogP contribution in [0.5, 0.6) is 0 Å². The Morgan fingerprint density at radius 2 is 1.84 bits per heavy atom. The molecule has 266 valence electrons. The number of fused-ring (bicyclic) bond motifs is 3. The van der Waals surface area contributed by atoms with Crippen LogP contribution in [-0.2, 0) is 16.0 Å². The molecule has 4 heterocycles. The van der Waals surface area contributed by atoms with E-state index in [0.717, 1.165) is 31.4 Å². The third kappa shape index (κ3) is 6.44. The maximum atomic E-state index is 17.2. The van der Waals surface area contributed by atoms with Crippen molar-refractivity contribution in [3.8, 4) is 17.2 Å². The maximum absolute atomic E-state index is 17.2. The highest BCUT2D eigenvalue weighted by Gasteiger charge is 2.42. The van der Waals surface area contributed by atoms with Crippen LogP contribution in [0.25, 0.3) is 32.9 Å². The van der Waals surface area contributed by atoms with Crippen LogP contribution < -0.4 is 0 Å². The highest BCUT2D eigenvalue weighted by atomic mass is 35.5. The van der Waals surface area contributed by atoms with E-state index in [-0.39, 0.29) is 69.4 Å². The molecule has 1 aliphatic carbocycles. The highest BCUT2D eigenvalue weighted by molar-refractivity contribution is 6.43. The number of ether oxygens (including phenoxy) is 1. The summed E-state index contributed by atoms with van der Waals surface area (Å²) >= 11 is 13.0. The molecule has 2 amide bonds. The summed E-state index contributed by atoms with van der Waals surface area (Å²) in [5.41, 5.74) is 1.98. The Balaban J connectivity index is 1.51. The van der Waals surface area contributed by atoms with Gasteiger partial charge in [0.2, 0.25) is 5.91 Å². The number of aromatic nitrogens is 2. The molecule has 2 aromatic heterocycles. The smallest absolute Gasteiger partial charge is 0.410 e. The second-order valence-corrected chi connectivity index (χ2v) is 15.7. The SMILES string of the molecule is CC(=O)c1nc2c(F)c(-c3cccc(Cl)c3Cl)c(CCC#N)cc2c2c1cc(C1CCCN1C(=O)C1CC1)n2C1CCN(C(=O)OC(C)(C)C)C1. The molecule has 2 aromatic carbocycles. The van der Waals surface area contributed by atoms with Gasteiger partial charge >= 0.3 is 6.09 Å². The van der Waals surface area contributed by atoms with E-state index in [2.05, 4.69) is 10.6 Å². The standard InChI is InChI=1S/C39H40Cl2FN5O4/c1-21(48)34-27-19-30(29-11-7-16-46(29)37(49)22-12-13-22)47(24-14-17-45(20-24)38(50)51-39(2,3)4)36(27)26-18-23(8-6-15-43)31(33(42)35(26)44-34)25-9-5-10-28(40)32(25)41/h5,9-10,18-19,22,24,29H,6-8,11-14,16-17,20H2,1-4H3. The largest absolute Gasteiger partial charge is 0.444 e. The van der Waals surface area contributed by atoms with E-state index in [4.69, 9.17) is 32.9 Å². The van der Waals surface area contributed by atoms with Crippen molar-refractivity contribution >= 4 is 62.8 Å². The van der Waals surface area contributed by atoms with Gasteiger partial charge in [-0.2, -0.15) is 5.26 Å². The Bertz CT molecular complexity index is 2150. The van der Waals surface area contributed by atoms with Gasteiger partial charge < -0.3 is 19.1 Å². The number of Topliss-reactive ketones (excluding diaryl/α,β-unsaturated/α-hetero) is 1. The first-order chi connectivity index (χ1) is 24.3. The lowest BCUT2D eigenvalue weighted by Crippen LogP contribution is -2.36. The predicted octanol–water partition coefficient (Wildman–Crippen LogP) is 9.22. The van der Waals surface area contributed by atoms with Crippen molar-refractivity contribution in [3.05, 3.63) is 63.1 Å². The molecule has 1 saturated carbocycles. The Morgan fingerprint density at radius 3 is 2.53 bits per heavy atom. The molecule has 2 unspecified atom stereocenters. The van der Waals surface area contributed by atoms with Crippen LogP contribution in [0.1, 0.15) is 100 Å². The fraction of sp³-hybridized carbons (Fsp3) is 0.462. The van der Waals surface area contributed by atoms with E-state index in [9.17, 15) is 19.6 Å². The summed E-state index contributed by atoms with van der Waals surface area (Å²) in [6, 6.07) is 10.4. The Hall–Kier alpha value is -4.20. The topological polar surface area (TPSA) is 109 Å². The van der Waals surface area contributed by atoms with Crippen LogP contribution in [0, 0.1) is 23.1 Å². The number of likely N-dealkylation sites (tertiary alicyclic amines) is 2. The summed E-state index contributed by atoms with van der Waals surface area (Å²) in [6.45, 7) is 8.29. The van der Waals surface area contributed by atoms with Gasteiger partial charge in [0.25, 0.3) is 0 Å². The van der Waals surface area contributed by atoms with E-state index in [1.165, 1.54) is 6.92 Å². The van der Waals surface area contributed by atoms with Crippen molar-refractivity contribution in [1.82, 2.24) is 19.4 Å². The molecule has 3 aliphatic rings. The van der Waals surface area contributed by atoms with Gasteiger partial charge in [0.05, 0.1) is 33.7 Å². The third-order valence-electron chi connectivity index (χ3n) is 10.2. The van der Waals surface area contributed by atoms with Gasteiger partial charge in [-0.05, 0) is 83.1 Å². The van der Waals surface area contributed by atoms with Crippen molar-refractivity contribution in [1.29, 1.82) is 5.26 Å². The minimum atomic E-state index is -0.673. The zero-order chi connectivity index (χ0) is 36.4.